The van der Waals surface area contributed by atoms with E-state index in [1.165, 1.54) is 0 Å². The third kappa shape index (κ3) is 4.43. The molecule has 78 valence electrons. The maximum absolute atomic E-state index is 12.1. The van der Waals surface area contributed by atoms with Crippen LogP contribution >= 0.6 is 7.72 Å². The Morgan fingerprint density at radius 1 is 0.588 bits per heavy atom. The van der Waals surface area contributed by atoms with Crippen molar-refractivity contribution in [2.24, 2.45) is 0 Å². The number of hydrogen-bond acceptors (Lipinski definition) is 2. The molecule has 0 radical (unpaired) electrons. The molecule has 2 aromatic rings. The molecule has 2 nitrogen and oxygen atoms in total. The van der Waals surface area contributed by atoms with E-state index in [-0.39, 0.29) is 59.1 Å². The van der Waals surface area contributed by atoms with E-state index < -0.39 is 7.72 Å². The van der Waals surface area contributed by atoms with Gasteiger partial charge in [-0.15, -0.1) is 0 Å². The molecule has 0 bridgehead atoms. The Bertz CT molecular complexity index is 393. The molecule has 0 atom stereocenters. The molecular weight excluding hydrogens is 253 g/mol. The molecule has 0 saturated carbocycles. The van der Waals surface area contributed by atoms with Crippen LogP contribution in [-0.2, 0) is 0 Å². The van der Waals surface area contributed by atoms with Crippen LogP contribution in [0.2, 0.25) is 0 Å². The third-order valence-electron chi connectivity index (χ3n) is 2.31. The van der Waals surface area contributed by atoms with Crippen molar-refractivity contribution in [3.05, 3.63) is 60.7 Å². The van der Waals surface area contributed by atoms with Gasteiger partial charge in [-0.2, -0.15) is 0 Å². The second kappa shape index (κ2) is 8.06. The second-order valence-electron chi connectivity index (χ2n) is 3.35. The van der Waals surface area contributed by atoms with E-state index in [0.717, 1.165) is 0 Å². The van der Waals surface area contributed by atoms with Gasteiger partial charge in [-0.3, -0.25) is 0 Å². The van der Waals surface area contributed by atoms with E-state index in [2.05, 4.69) is 0 Å². The van der Waals surface area contributed by atoms with E-state index in [4.69, 9.17) is 0 Å². The van der Waals surface area contributed by atoms with Crippen molar-refractivity contribution >= 4 is 18.3 Å². The fourth-order valence-electron chi connectivity index (χ4n) is 1.48. The number of benzene rings is 2. The summed E-state index contributed by atoms with van der Waals surface area (Å²) in [6.45, 7) is 0. The van der Waals surface area contributed by atoms with Gasteiger partial charge in [-0.25, -0.2) is 0 Å². The fraction of sp³-hybridized carbons (Fsp3) is 0. The second-order valence-corrected chi connectivity index (χ2v) is 5.74. The van der Waals surface area contributed by atoms with Crippen molar-refractivity contribution in [3.63, 3.8) is 0 Å². The predicted molar refractivity (Wildman–Crippen MR) is 60.5 cm³/mol. The Balaban J connectivity index is 0.00000128. The van der Waals surface area contributed by atoms with Gasteiger partial charge in [0.1, 0.15) is 0 Å². The molecule has 2 aromatic carbocycles. The Morgan fingerprint density at radius 3 is 1.18 bits per heavy atom. The molecule has 17 heavy (non-hydrogen) atoms. The molecule has 0 spiro atoms. The predicted octanol–water partition coefficient (Wildman–Crippen LogP) is -6.05. The molecule has 0 aliphatic heterocycles. The van der Waals surface area contributed by atoms with Crippen LogP contribution in [0.1, 0.15) is 0 Å². The van der Waals surface area contributed by atoms with Crippen LogP contribution in [0.5, 0.6) is 0 Å². The van der Waals surface area contributed by atoms with Gasteiger partial charge < -0.3 is 0 Å². The monoisotopic (exact) mass is 264 g/mol. The van der Waals surface area contributed by atoms with Crippen molar-refractivity contribution in [3.8, 4) is 0 Å². The normalized spacial score (nSPS) is 10.9. The zero-order valence-corrected chi connectivity index (χ0v) is 15.1. The number of rotatable bonds is 2. The molecule has 0 amide bonds. The van der Waals surface area contributed by atoms with Crippen LogP contribution in [0.25, 0.3) is 0 Å². The van der Waals surface area contributed by atoms with Gasteiger partial charge in [0.05, 0.1) is 0 Å². The minimum absolute atomic E-state index is 0. The first kappa shape index (κ1) is 17.8. The first-order chi connectivity index (χ1) is 7.21. The first-order valence-electron chi connectivity index (χ1n) is 4.73. The quantitative estimate of drug-likeness (QED) is 0.400. The molecule has 0 saturated heterocycles. The summed E-state index contributed by atoms with van der Waals surface area (Å²) in [5, 5.41) is 0.771. The van der Waals surface area contributed by atoms with Gasteiger partial charge in [0, 0.05) is 0 Å². The minimum atomic E-state index is -3.96. The van der Waals surface area contributed by atoms with Gasteiger partial charge in [0.15, 0.2) is 0 Å². The molecule has 0 fully saturated rings. The average molecular weight is 264 g/mol. The molecule has 0 aromatic heterocycles. The zero-order chi connectivity index (χ0) is 10.7. The van der Waals surface area contributed by atoms with Gasteiger partial charge in [-0.1, -0.05) is 0 Å². The number of hydrogen-bond donors (Lipinski definition) is 0. The van der Waals surface area contributed by atoms with E-state index in [9.17, 15) is 9.79 Å². The maximum atomic E-state index is 12.1. The third-order valence-corrected chi connectivity index (χ3v) is 4.49. The Labute approximate surface area is 146 Å². The van der Waals surface area contributed by atoms with E-state index in [0.29, 0.717) is 10.6 Å². The van der Waals surface area contributed by atoms with Crippen molar-refractivity contribution in [2.75, 3.05) is 0 Å². The zero-order valence-electron chi connectivity index (χ0n) is 10.1. The summed E-state index contributed by atoms with van der Waals surface area (Å²) in [6.07, 6.45) is 0. The molecule has 0 aliphatic carbocycles. The van der Waals surface area contributed by atoms with Crippen LogP contribution < -0.4 is 79.5 Å². The van der Waals surface area contributed by atoms with Crippen LogP contribution in [0.3, 0.4) is 0 Å². The SMILES string of the molecule is [Na+].[Na+].[O-][PH]([O-])(c1ccccc1)c1ccccc1. The summed E-state index contributed by atoms with van der Waals surface area (Å²) in [4.78, 5) is 24.2. The van der Waals surface area contributed by atoms with Crippen molar-refractivity contribution in [1.82, 2.24) is 0 Å². The summed E-state index contributed by atoms with van der Waals surface area (Å²) in [5.74, 6) is 0. The first-order valence-corrected chi connectivity index (χ1v) is 6.55. The summed E-state index contributed by atoms with van der Waals surface area (Å²) in [6, 6.07) is 17.0. The Kier molecular flexibility index (Phi) is 8.43. The molecule has 0 aliphatic rings. The summed E-state index contributed by atoms with van der Waals surface area (Å²) < 4.78 is 0. The van der Waals surface area contributed by atoms with Crippen LogP contribution in [0.4, 0.5) is 0 Å². The van der Waals surface area contributed by atoms with E-state index in [1.807, 2.05) is 0 Å². The van der Waals surface area contributed by atoms with Crippen molar-refractivity contribution in [2.45, 2.75) is 0 Å². The summed E-state index contributed by atoms with van der Waals surface area (Å²) in [5.41, 5.74) is 0. The van der Waals surface area contributed by atoms with E-state index in [1.54, 1.807) is 60.7 Å². The molecule has 0 heterocycles. The molecular formula is C12H11Na2O2P. The van der Waals surface area contributed by atoms with E-state index >= 15 is 0 Å². The molecule has 0 N–H and O–H groups in total. The summed E-state index contributed by atoms with van der Waals surface area (Å²) >= 11 is 0. The standard InChI is InChI=1S/C12H11O2P.2Na/c13-15(14,11-7-3-1-4-8-11)12-9-5-2-6-10-12;;/h1-10,15H;;/q-2;2*+1. The fourth-order valence-corrected chi connectivity index (χ4v) is 3.08. The topological polar surface area (TPSA) is 46.1 Å². The molecule has 2 rings (SSSR count). The Hall–Kier alpha value is 0.790. The van der Waals surface area contributed by atoms with Crippen LogP contribution in [-0.4, -0.2) is 0 Å². The summed E-state index contributed by atoms with van der Waals surface area (Å²) in [7, 11) is -3.96. The Morgan fingerprint density at radius 2 is 0.882 bits per heavy atom. The molecule has 0 unspecified atom stereocenters. The van der Waals surface area contributed by atoms with Crippen molar-refractivity contribution in [1.29, 1.82) is 0 Å². The molecule has 5 heteroatoms. The van der Waals surface area contributed by atoms with Crippen LogP contribution in [0, 0.1) is 0 Å². The van der Waals surface area contributed by atoms with Crippen molar-refractivity contribution < 1.29 is 68.9 Å². The van der Waals surface area contributed by atoms with Gasteiger partial charge in [0.2, 0.25) is 0 Å². The average Bonchev–Trinajstić information content (AvgIpc) is 2.31. The van der Waals surface area contributed by atoms with Crippen LogP contribution in [0.15, 0.2) is 60.7 Å². The van der Waals surface area contributed by atoms with Gasteiger partial charge in [-0.05, 0) is 0 Å². The van der Waals surface area contributed by atoms with Gasteiger partial charge >= 0.3 is 148 Å². The van der Waals surface area contributed by atoms with Gasteiger partial charge in [0.25, 0.3) is 0 Å².